The molecule has 5 nitrogen and oxygen atoms in total. The van der Waals surface area contributed by atoms with E-state index in [4.69, 9.17) is 16.7 Å². The highest BCUT2D eigenvalue weighted by molar-refractivity contribution is 7.09. The maximum atomic E-state index is 12.0. The monoisotopic (exact) mass is 310 g/mol. The number of carboxylic acid groups (broad SMARTS) is 1. The molecule has 1 aromatic heterocycles. The topological polar surface area (TPSA) is 79.3 Å². The Kier molecular flexibility index (Phi) is 4.36. The van der Waals surface area contributed by atoms with E-state index in [0.717, 1.165) is 5.56 Å². The van der Waals surface area contributed by atoms with Crippen LogP contribution in [0, 0.1) is 6.92 Å². The number of thiazole rings is 1. The predicted molar refractivity (Wildman–Crippen MR) is 76.4 cm³/mol. The van der Waals surface area contributed by atoms with E-state index in [0.29, 0.717) is 15.6 Å². The number of hydrogen-bond donors (Lipinski definition) is 2. The zero-order valence-electron chi connectivity index (χ0n) is 10.5. The number of amides is 1. The summed E-state index contributed by atoms with van der Waals surface area (Å²) < 4.78 is 0. The van der Waals surface area contributed by atoms with E-state index in [-0.39, 0.29) is 18.1 Å². The van der Waals surface area contributed by atoms with Crippen molar-refractivity contribution in [1.29, 1.82) is 0 Å². The van der Waals surface area contributed by atoms with Crippen LogP contribution < -0.4 is 5.32 Å². The minimum absolute atomic E-state index is 0.0159. The fraction of sp³-hybridized carbons (Fsp3) is 0.154. The first-order chi connectivity index (χ1) is 9.45. The first-order valence-corrected chi connectivity index (χ1v) is 6.94. The molecule has 0 aliphatic heterocycles. The van der Waals surface area contributed by atoms with Gasteiger partial charge in [0.05, 0.1) is 6.54 Å². The summed E-state index contributed by atoms with van der Waals surface area (Å²) >= 11 is 7.08. The van der Waals surface area contributed by atoms with Crippen LogP contribution in [0.3, 0.4) is 0 Å². The summed E-state index contributed by atoms with van der Waals surface area (Å²) in [6.07, 6.45) is 0. The normalized spacial score (nSPS) is 10.3. The van der Waals surface area contributed by atoms with Crippen LogP contribution in [0.15, 0.2) is 23.6 Å². The standard InChI is InChI=1S/C13H11ClN2O3S/c1-7-2-8(4-9(14)3-7)12(17)15-5-11-16-10(6-20-11)13(18)19/h2-4,6H,5H2,1H3,(H,15,17)(H,18,19). The first-order valence-electron chi connectivity index (χ1n) is 5.69. The number of aromatic carboxylic acids is 1. The second-order valence-electron chi connectivity index (χ2n) is 4.13. The van der Waals surface area contributed by atoms with E-state index in [1.54, 1.807) is 18.2 Å². The number of benzene rings is 1. The van der Waals surface area contributed by atoms with Gasteiger partial charge in [0.25, 0.3) is 5.91 Å². The molecule has 2 N–H and O–H groups in total. The Balaban J connectivity index is 2.02. The lowest BCUT2D eigenvalue weighted by atomic mass is 10.1. The number of nitrogens with zero attached hydrogens (tertiary/aromatic N) is 1. The van der Waals surface area contributed by atoms with Crippen molar-refractivity contribution in [3.63, 3.8) is 0 Å². The van der Waals surface area contributed by atoms with Crippen LogP contribution in [0.5, 0.6) is 0 Å². The molecule has 0 saturated carbocycles. The molecule has 0 unspecified atom stereocenters. The first kappa shape index (κ1) is 14.5. The number of carbonyl (C=O) groups is 2. The van der Waals surface area contributed by atoms with Gasteiger partial charge >= 0.3 is 5.97 Å². The number of carbonyl (C=O) groups excluding carboxylic acids is 1. The summed E-state index contributed by atoms with van der Waals surface area (Å²) in [5.74, 6) is -1.35. The van der Waals surface area contributed by atoms with Crippen molar-refractivity contribution < 1.29 is 14.7 Å². The molecule has 0 radical (unpaired) electrons. The molecule has 2 rings (SSSR count). The van der Waals surface area contributed by atoms with Crippen LogP contribution in [-0.4, -0.2) is 22.0 Å². The molecule has 0 fully saturated rings. The second kappa shape index (κ2) is 6.02. The fourth-order valence-electron chi connectivity index (χ4n) is 1.62. The molecule has 1 amide bonds. The minimum Gasteiger partial charge on any atom is -0.476 e. The van der Waals surface area contributed by atoms with Crippen LogP contribution in [-0.2, 0) is 6.54 Å². The van der Waals surface area contributed by atoms with Gasteiger partial charge in [0, 0.05) is 16.0 Å². The van der Waals surface area contributed by atoms with Gasteiger partial charge in [-0.15, -0.1) is 11.3 Å². The summed E-state index contributed by atoms with van der Waals surface area (Å²) in [4.78, 5) is 26.5. The number of carboxylic acids is 1. The number of aromatic nitrogens is 1. The number of halogens is 1. The Morgan fingerprint density at radius 2 is 2.15 bits per heavy atom. The van der Waals surface area contributed by atoms with Crippen molar-refractivity contribution >= 4 is 34.8 Å². The van der Waals surface area contributed by atoms with E-state index >= 15 is 0 Å². The van der Waals surface area contributed by atoms with Crippen molar-refractivity contribution in [2.75, 3.05) is 0 Å². The third-order valence-corrected chi connectivity index (χ3v) is 3.54. The number of hydrogen-bond acceptors (Lipinski definition) is 4. The molecule has 20 heavy (non-hydrogen) atoms. The lowest BCUT2D eigenvalue weighted by Gasteiger charge is -2.05. The molecular formula is C13H11ClN2O3S. The van der Waals surface area contributed by atoms with Crippen LogP contribution in [0.2, 0.25) is 5.02 Å². The van der Waals surface area contributed by atoms with Gasteiger partial charge in [0.1, 0.15) is 5.01 Å². The summed E-state index contributed by atoms with van der Waals surface area (Å²) in [5.41, 5.74) is 1.34. The Bertz CT molecular complexity index is 649. The molecule has 0 aliphatic rings. The highest BCUT2D eigenvalue weighted by Gasteiger charge is 2.11. The average Bonchev–Trinajstić information content (AvgIpc) is 2.83. The molecule has 0 atom stereocenters. The van der Waals surface area contributed by atoms with Gasteiger partial charge < -0.3 is 10.4 Å². The number of rotatable bonds is 4. The van der Waals surface area contributed by atoms with Gasteiger partial charge in [-0.3, -0.25) is 4.79 Å². The lowest BCUT2D eigenvalue weighted by Crippen LogP contribution is -2.22. The average molecular weight is 311 g/mol. The zero-order chi connectivity index (χ0) is 14.7. The summed E-state index contributed by atoms with van der Waals surface area (Å²) in [6.45, 7) is 2.03. The number of nitrogens with one attached hydrogen (secondary N) is 1. The Morgan fingerprint density at radius 1 is 1.40 bits per heavy atom. The maximum absolute atomic E-state index is 12.0. The predicted octanol–water partition coefficient (Wildman–Crippen LogP) is 2.73. The van der Waals surface area contributed by atoms with Crippen LogP contribution in [0.4, 0.5) is 0 Å². The highest BCUT2D eigenvalue weighted by atomic mass is 35.5. The van der Waals surface area contributed by atoms with Crippen molar-refractivity contribution in [2.24, 2.45) is 0 Å². The van der Waals surface area contributed by atoms with Crippen molar-refractivity contribution in [2.45, 2.75) is 13.5 Å². The quantitative estimate of drug-likeness (QED) is 0.910. The van der Waals surface area contributed by atoms with Gasteiger partial charge in [-0.25, -0.2) is 9.78 Å². The van der Waals surface area contributed by atoms with Crippen LogP contribution in [0.25, 0.3) is 0 Å². The molecule has 2 aromatic rings. The third kappa shape index (κ3) is 3.55. The SMILES string of the molecule is Cc1cc(Cl)cc(C(=O)NCc2nc(C(=O)O)cs2)c1. The molecule has 0 saturated heterocycles. The Labute approximate surface area is 124 Å². The molecular weight excluding hydrogens is 300 g/mol. The minimum atomic E-state index is -1.08. The van der Waals surface area contributed by atoms with Gasteiger partial charge in [-0.1, -0.05) is 11.6 Å². The molecule has 104 valence electrons. The van der Waals surface area contributed by atoms with Crippen LogP contribution in [0.1, 0.15) is 31.4 Å². The molecule has 7 heteroatoms. The largest absolute Gasteiger partial charge is 0.476 e. The number of aryl methyl sites for hydroxylation is 1. The fourth-order valence-corrected chi connectivity index (χ4v) is 2.61. The molecule has 1 heterocycles. The second-order valence-corrected chi connectivity index (χ2v) is 5.51. The molecule has 0 spiro atoms. The Hall–Kier alpha value is -1.92. The lowest BCUT2D eigenvalue weighted by molar-refractivity contribution is 0.0691. The van der Waals surface area contributed by atoms with Crippen LogP contribution >= 0.6 is 22.9 Å². The van der Waals surface area contributed by atoms with E-state index in [1.165, 1.54) is 16.7 Å². The van der Waals surface area contributed by atoms with E-state index in [1.807, 2.05) is 6.92 Å². The van der Waals surface area contributed by atoms with Gasteiger partial charge in [-0.05, 0) is 30.7 Å². The Morgan fingerprint density at radius 3 is 2.75 bits per heavy atom. The van der Waals surface area contributed by atoms with Gasteiger partial charge in [0.2, 0.25) is 0 Å². The third-order valence-electron chi connectivity index (χ3n) is 2.48. The van der Waals surface area contributed by atoms with Gasteiger partial charge in [0.15, 0.2) is 5.69 Å². The van der Waals surface area contributed by atoms with E-state index < -0.39 is 5.97 Å². The highest BCUT2D eigenvalue weighted by Crippen LogP contribution is 2.15. The summed E-state index contributed by atoms with van der Waals surface area (Å²) in [5, 5.41) is 13.9. The summed E-state index contributed by atoms with van der Waals surface area (Å²) in [7, 11) is 0. The summed E-state index contributed by atoms with van der Waals surface area (Å²) in [6, 6.07) is 5.07. The van der Waals surface area contributed by atoms with E-state index in [9.17, 15) is 9.59 Å². The maximum Gasteiger partial charge on any atom is 0.355 e. The smallest absolute Gasteiger partial charge is 0.355 e. The molecule has 0 aliphatic carbocycles. The van der Waals surface area contributed by atoms with Gasteiger partial charge in [-0.2, -0.15) is 0 Å². The van der Waals surface area contributed by atoms with Crippen molar-refractivity contribution in [3.8, 4) is 0 Å². The molecule has 1 aromatic carbocycles. The molecule has 0 bridgehead atoms. The van der Waals surface area contributed by atoms with Crippen molar-refractivity contribution in [3.05, 3.63) is 50.4 Å². The zero-order valence-corrected chi connectivity index (χ0v) is 12.1. The van der Waals surface area contributed by atoms with Crippen molar-refractivity contribution in [1.82, 2.24) is 10.3 Å². The van der Waals surface area contributed by atoms with E-state index in [2.05, 4.69) is 10.3 Å².